The Kier molecular flexibility index (Phi) is 4.24. The first-order valence-electron chi connectivity index (χ1n) is 8.33. The van der Waals surface area contributed by atoms with E-state index in [-0.39, 0.29) is 28.7 Å². The van der Waals surface area contributed by atoms with Crippen molar-refractivity contribution in [3.63, 3.8) is 0 Å². The Bertz CT molecular complexity index is 728. The third-order valence-electron chi connectivity index (χ3n) is 5.52. The molecule has 1 aliphatic carbocycles. The fourth-order valence-corrected chi connectivity index (χ4v) is 6.16. The molecule has 24 heavy (non-hydrogen) atoms. The maximum atomic E-state index is 13.1. The molecule has 8 heteroatoms. The average molecular weight is 355 g/mol. The zero-order chi connectivity index (χ0) is 17.7. The first-order valence-corrected chi connectivity index (χ1v) is 9.77. The first-order chi connectivity index (χ1) is 11.2. The summed E-state index contributed by atoms with van der Waals surface area (Å²) in [5, 5.41) is 3.77. The number of aryl methyl sites for hydroxylation is 2. The first kappa shape index (κ1) is 17.4. The van der Waals surface area contributed by atoms with Gasteiger partial charge in [-0.1, -0.05) is 18.0 Å². The van der Waals surface area contributed by atoms with Crippen molar-refractivity contribution in [2.24, 2.45) is 11.3 Å². The highest BCUT2D eigenvalue weighted by Crippen LogP contribution is 2.50. The number of carbonyl (C=O) groups is 1. The third kappa shape index (κ3) is 2.56. The number of rotatable bonds is 3. The standard InChI is InChI=1S/C16H25N3O4S/c1-11-14(12(2)23-17-11)24(21,22)19-9-13(15(20)18(3)4)16(10-19)7-5-6-8-16/h13H,5-10H2,1-4H3. The molecule has 1 aliphatic heterocycles. The monoisotopic (exact) mass is 355 g/mol. The van der Waals surface area contributed by atoms with Gasteiger partial charge in [-0.2, -0.15) is 4.31 Å². The van der Waals surface area contributed by atoms with E-state index in [0.29, 0.717) is 18.0 Å². The minimum absolute atomic E-state index is 0.0216. The highest BCUT2D eigenvalue weighted by molar-refractivity contribution is 7.89. The zero-order valence-electron chi connectivity index (χ0n) is 14.7. The van der Waals surface area contributed by atoms with Crippen molar-refractivity contribution in [3.05, 3.63) is 11.5 Å². The molecule has 1 aromatic heterocycles. The molecule has 0 aromatic carbocycles. The minimum atomic E-state index is -3.71. The van der Waals surface area contributed by atoms with Crippen LogP contribution in [0.25, 0.3) is 0 Å². The van der Waals surface area contributed by atoms with E-state index in [1.807, 2.05) is 0 Å². The lowest BCUT2D eigenvalue weighted by Crippen LogP contribution is -2.39. The number of amides is 1. The lowest BCUT2D eigenvalue weighted by Gasteiger charge is -2.30. The number of nitrogens with zero attached hydrogens (tertiary/aromatic N) is 3. The van der Waals surface area contributed by atoms with Gasteiger partial charge in [-0.15, -0.1) is 0 Å². The second kappa shape index (κ2) is 5.84. The summed E-state index contributed by atoms with van der Waals surface area (Å²) < 4.78 is 32.7. The number of hydrogen-bond acceptors (Lipinski definition) is 5. The van der Waals surface area contributed by atoms with Gasteiger partial charge >= 0.3 is 0 Å². The Balaban J connectivity index is 1.98. The lowest BCUT2D eigenvalue weighted by atomic mass is 9.76. The summed E-state index contributed by atoms with van der Waals surface area (Å²) in [4.78, 5) is 14.4. The van der Waals surface area contributed by atoms with Crippen LogP contribution in [0.4, 0.5) is 0 Å². The number of sulfonamides is 1. The molecule has 2 aliphatic rings. The average Bonchev–Trinajstić information content (AvgIpc) is 3.20. The molecule has 0 radical (unpaired) electrons. The molecule has 2 heterocycles. The van der Waals surface area contributed by atoms with Crippen LogP contribution in [0.1, 0.15) is 37.1 Å². The van der Waals surface area contributed by atoms with Crippen molar-refractivity contribution < 1.29 is 17.7 Å². The number of carbonyl (C=O) groups excluding carboxylic acids is 1. The molecule has 0 N–H and O–H groups in total. The van der Waals surface area contributed by atoms with Gasteiger partial charge in [0, 0.05) is 27.2 Å². The van der Waals surface area contributed by atoms with Gasteiger partial charge in [0.05, 0.1) is 5.92 Å². The summed E-state index contributed by atoms with van der Waals surface area (Å²) in [6, 6.07) is 0. The highest BCUT2D eigenvalue weighted by atomic mass is 32.2. The van der Waals surface area contributed by atoms with Gasteiger partial charge in [0.2, 0.25) is 15.9 Å². The molecule has 1 amide bonds. The zero-order valence-corrected chi connectivity index (χ0v) is 15.5. The predicted octanol–water partition coefficient (Wildman–Crippen LogP) is 1.56. The van der Waals surface area contributed by atoms with E-state index in [4.69, 9.17) is 4.52 Å². The number of hydrogen-bond donors (Lipinski definition) is 0. The van der Waals surface area contributed by atoms with Gasteiger partial charge in [0.15, 0.2) is 5.76 Å². The van der Waals surface area contributed by atoms with Crippen molar-refractivity contribution in [3.8, 4) is 0 Å². The maximum absolute atomic E-state index is 13.1. The van der Waals surface area contributed by atoms with Crippen molar-refractivity contribution in [1.82, 2.24) is 14.4 Å². The van der Waals surface area contributed by atoms with Crippen LogP contribution in [-0.2, 0) is 14.8 Å². The van der Waals surface area contributed by atoms with E-state index in [1.54, 1.807) is 32.8 Å². The van der Waals surface area contributed by atoms with Crippen molar-refractivity contribution in [1.29, 1.82) is 0 Å². The molecule has 134 valence electrons. The molecule has 3 rings (SSSR count). The summed E-state index contributed by atoms with van der Waals surface area (Å²) in [7, 11) is -0.241. The van der Waals surface area contributed by atoms with E-state index in [9.17, 15) is 13.2 Å². The fourth-order valence-electron chi connectivity index (χ4n) is 4.32. The molecular formula is C16H25N3O4S. The van der Waals surface area contributed by atoms with E-state index >= 15 is 0 Å². The molecule has 1 spiro atoms. The predicted molar refractivity (Wildman–Crippen MR) is 87.8 cm³/mol. The Morgan fingerprint density at radius 3 is 2.42 bits per heavy atom. The SMILES string of the molecule is Cc1noc(C)c1S(=O)(=O)N1CC(C(=O)N(C)C)C2(CCCC2)C1. The molecule has 1 aromatic rings. The van der Waals surface area contributed by atoms with Crippen LogP contribution in [-0.4, -0.2) is 55.9 Å². The second-order valence-electron chi connectivity index (χ2n) is 7.31. The van der Waals surface area contributed by atoms with Crippen molar-refractivity contribution in [2.45, 2.75) is 44.4 Å². The number of aromatic nitrogens is 1. The smallest absolute Gasteiger partial charge is 0.248 e. The topological polar surface area (TPSA) is 83.7 Å². The highest BCUT2D eigenvalue weighted by Gasteiger charge is 2.54. The van der Waals surface area contributed by atoms with Gasteiger partial charge in [0.1, 0.15) is 10.6 Å². The third-order valence-corrected chi connectivity index (χ3v) is 7.58. The van der Waals surface area contributed by atoms with Crippen LogP contribution >= 0.6 is 0 Å². The van der Waals surface area contributed by atoms with E-state index in [0.717, 1.165) is 25.7 Å². The Morgan fingerprint density at radius 2 is 1.92 bits per heavy atom. The molecule has 7 nitrogen and oxygen atoms in total. The summed E-state index contributed by atoms with van der Waals surface area (Å²) >= 11 is 0. The van der Waals surface area contributed by atoms with Crippen molar-refractivity contribution >= 4 is 15.9 Å². The maximum Gasteiger partial charge on any atom is 0.248 e. The van der Waals surface area contributed by atoms with Crippen LogP contribution in [0.15, 0.2) is 9.42 Å². The Labute approximate surface area is 143 Å². The molecule has 2 fully saturated rings. The van der Waals surface area contributed by atoms with E-state index < -0.39 is 10.0 Å². The van der Waals surface area contributed by atoms with Gasteiger partial charge < -0.3 is 9.42 Å². The Morgan fingerprint density at radius 1 is 1.29 bits per heavy atom. The van der Waals surface area contributed by atoms with Crippen LogP contribution in [0, 0.1) is 25.2 Å². The molecule has 1 saturated heterocycles. The summed E-state index contributed by atoms with van der Waals surface area (Å²) in [5.41, 5.74) is 0.142. The van der Waals surface area contributed by atoms with Crippen LogP contribution < -0.4 is 0 Å². The van der Waals surface area contributed by atoms with Crippen LogP contribution in [0.3, 0.4) is 0 Å². The molecule has 0 bridgehead atoms. The second-order valence-corrected chi connectivity index (χ2v) is 9.18. The molecule has 1 saturated carbocycles. The Hall–Kier alpha value is -1.41. The molecule has 1 atom stereocenters. The van der Waals surface area contributed by atoms with Crippen molar-refractivity contribution in [2.75, 3.05) is 27.2 Å². The quantitative estimate of drug-likeness (QED) is 0.821. The van der Waals surface area contributed by atoms with Gasteiger partial charge in [-0.05, 0) is 32.1 Å². The fraction of sp³-hybridized carbons (Fsp3) is 0.750. The minimum Gasteiger partial charge on any atom is -0.360 e. The summed E-state index contributed by atoms with van der Waals surface area (Å²) in [6.45, 7) is 3.89. The van der Waals surface area contributed by atoms with Crippen LogP contribution in [0.2, 0.25) is 0 Å². The normalized spacial score (nSPS) is 23.9. The van der Waals surface area contributed by atoms with Crippen LogP contribution in [0.5, 0.6) is 0 Å². The van der Waals surface area contributed by atoms with Gasteiger partial charge in [-0.3, -0.25) is 4.79 Å². The largest absolute Gasteiger partial charge is 0.360 e. The summed E-state index contributed by atoms with van der Waals surface area (Å²) in [6.07, 6.45) is 3.92. The van der Waals surface area contributed by atoms with E-state index in [1.165, 1.54) is 4.31 Å². The lowest BCUT2D eigenvalue weighted by molar-refractivity contribution is -0.135. The molecular weight excluding hydrogens is 330 g/mol. The van der Waals surface area contributed by atoms with E-state index in [2.05, 4.69) is 5.16 Å². The van der Waals surface area contributed by atoms with Gasteiger partial charge in [-0.25, -0.2) is 8.42 Å². The van der Waals surface area contributed by atoms with Gasteiger partial charge in [0.25, 0.3) is 0 Å². The molecule has 1 unspecified atom stereocenters. The summed E-state index contributed by atoms with van der Waals surface area (Å²) in [5.74, 6) is 0.0500.